The van der Waals surface area contributed by atoms with Crippen molar-refractivity contribution < 1.29 is 14.7 Å². The standard InChI is InChI=1S/C16H19NO3/c18-15-14-8-11(3-6-13(14)9-17-15)7-10-1-4-12(5-2-10)16(19)20/h3,6,8,10,12H,1-2,4-5,7,9H2,(H,17,18)(H,19,20)/t10-,12-. The number of amides is 1. The number of hydrogen-bond donors (Lipinski definition) is 2. The van der Waals surface area contributed by atoms with Crippen LogP contribution in [0.5, 0.6) is 0 Å². The summed E-state index contributed by atoms with van der Waals surface area (Å²) in [6, 6.07) is 6.13. The van der Waals surface area contributed by atoms with Gasteiger partial charge < -0.3 is 10.4 Å². The van der Waals surface area contributed by atoms with Gasteiger partial charge in [-0.1, -0.05) is 12.1 Å². The quantitative estimate of drug-likeness (QED) is 0.888. The number of carboxylic acid groups (broad SMARTS) is 1. The Balaban J connectivity index is 1.63. The van der Waals surface area contributed by atoms with Gasteiger partial charge in [-0.05, 0) is 55.2 Å². The molecule has 0 saturated heterocycles. The van der Waals surface area contributed by atoms with Crippen LogP contribution in [-0.4, -0.2) is 17.0 Å². The fraction of sp³-hybridized carbons (Fsp3) is 0.500. The van der Waals surface area contributed by atoms with Gasteiger partial charge in [0, 0.05) is 12.1 Å². The second-order valence-electron chi connectivity index (χ2n) is 5.93. The molecule has 106 valence electrons. The Kier molecular flexibility index (Phi) is 3.47. The van der Waals surface area contributed by atoms with Gasteiger partial charge in [-0.25, -0.2) is 0 Å². The molecule has 1 aliphatic heterocycles. The molecule has 0 bridgehead atoms. The molecule has 1 amide bonds. The van der Waals surface area contributed by atoms with Gasteiger partial charge >= 0.3 is 5.97 Å². The molecule has 2 aliphatic rings. The zero-order valence-electron chi connectivity index (χ0n) is 11.4. The first-order valence-corrected chi connectivity index (χ1v) is 7.26. The van der Waals surface area contributed by atoms with Gasteiger partial charge in [0.05, 0.1) is 5.92 Å². The van der Waals surface area contributed by atoms with Crippen molar-refractivity contribution in [3.63, 3.8) is 0 Å². The molecule has 1 aromatic carbocycles. The smallest absolute Gasteiger partial charge is 0.306 e. The third-order valence-electron chi connectivity index (χ3n) is 4.58. The van der Waals surface area contributed by atoms with Crippen LogP contribution in [0.4, 0.5) is 0 Å². The summed E-state index contributed by atoms with van der Waals surface area (Å²) in [5, 5.41) is 11.8. The van der Waals surface area contributed by atoms with Crippen LogP contribution in [0.3, 0.4) is 0 Å². The van der Waals surface area contributed by atoms with E-state index < -0.39 is 5.97 Å². The number of benzene rings is 1. The number of fused-ring (bicyclic) bond motifs is 1. The SMILES string of the molecule is O=C1NCc2ccc(C[C@H]3CC[C@H](C(=O)O)CC3)cc21. The summed E-state index contributed by atoms with van der Waals surface area (Å²) in [6.45, 7) is 0.637. The summed E-state index contributed by atoms with van der Waals surface area (Å²) in [5.41, 5.74) is 3.08. The summed E-state index contributed by atoms with van der Waals surface area (Å²) < 4.78 is 0. The van der Waals surface area contributed by atoms with Gasteiger partial charge in [0.1, 0.15) is 0 Å². The summed E-state index contributed by atoms with van der Waals surface area (Å²) in [4.78, 5) is 22.6. The molecule has 0 spiro atoms. The highest BCUT2D eigenvalue weighted by Gasteiger charge is 2.26. The molecule has 0 radical (unpaired) electrons. The summed E-state index contributed by atoms with van der Waals surface area (Å²) in [7, 11) is 0. The molecule has 3 rings (SSSR count). The minimum Gasteiger partial charge on any atom is -0.481 e. The minimum absolute atomic E-state index is 0.0245. The van der Waals surface area contributed by atoms with Gasteiger partial charge in [-0.2, -0.15) is 0 Å². The van der Waals surface area contributed by atoms with Gasteiger partial charge in [0.2, 0.25) is 0 Å². The van der Waals surface area contributed by atoms with Crippen LogP contribution in [0, 0.1) is 11.8 Å². The maximum Gasteiger partial charge on any atom is 0.306 e. The predicted octanol–water partition coefficient (Wildman–Crippen LogP) is 2.36. The average molecular weight is 273 g/mol. The minimum atomic E-state index is -0.655. The van der Waals surface area contributed by atoms with Crippen molar-refractivity contribution >= 4 is 11.9 Å². The molecule has 1 aromatic rings. The van der Waals surface area contributed by atoms with E-state index in [9.17, 15) is 9.59 Å². The van der Waals surface area contributed by atoms with E-state index in [4.69, 9.17) is 5.11 Å². The lowest BCUT2D eigenvalue weighted by molar-refractivity contribution is -0.143. The number of rotatable bonds is 3. The first-order valence-electron chi connectivity index (χ1n) is 7.26. The molecule has 2 N–H and O–H groups in total. The molecule has 1 saturated carbocycles. The molecule has 0 unspecified atom stereocenters. The molecule has 4 heteroatoms. The van der Waals surface area contributed by atoms with Crippen LogP contribution in [0.15, 0.2) is 18.2 Å². The van der Waals surface area contributed by atoms with Gasteiger partial charge in [0.25, 0.3) is 5.91 Å². The molecule has 1 fully saturated rings. The molecule has 20 heavy (non-hydrogen) atoms. The number of carbonyl (C=O) groups excluding carboxylic acids is 1. The van der Waals surface area contributed by atoms with Crippen molar-refractivity contribution in [2.75, 3.05) is 0 Å². The molecule has 0 aromatic heterocycles. The fourth-order valence-electron chi connectivity index (χ4n) is 3.33. The van der Waals surface area contributed by atoms with Crippen molar-refractivity contribution in [2.45, 2.75) is 38.6 Å². The van der Waals surface area contributed by atoms with Crippen LogP contribution in [0.2, 0.25) is 0 Å². The van der Waals surface area contributed by atoms with Gasteiger partial charge in [-0.3, -0.25) is 9.59 Å². The van der Waals surface area contributed by atoms with Crippen molar-refractivity contribution in [1.29, 1.82) is 0 Å². The van der Waals surface area contributed by atoms with Crippen molar-refractivity contribution in [3.05, 3.63) is 34.9 Å². The van der Waals surface area contributed by atoms with E-state index in [1.165, 1.54) is 5.56 Å². The number of aliphatic carboxylic acids is 1. The second-order valence-corrected chi connectivity index (χ2v) is 5.93. The molecular formula is C16H19NO3. The molecular weight excluding hydrogens is 254 g/mol. The molecule has 4 nitrogen and oxygen atoms in total. The number of hydrogen-bond acceptors (Lipinski definition) is 2. The summed E-state index contributed by atoms with van der Waals surface area (Å²) in [5.74, 6) is -0.237. The first kappa shape index (κ1) is 13.2. The maximum atomic E-state index is 11.7. The topological polar surface area (TPSA) is 66.4 Å². The van der Waals surface area contributed by atoms with E-state index in [0.717, 1.165) is 43.2 Å². The lowest BCUT2D eigenvalue weighted by Crippen LogP contribution is -2.22. The third-order valence-corrected chi connectivity index (χ3v) is 4.58. The van der Waals surface area contributed by atoms with Crippen LogP contribution in [0.25, 0.3) is 0 Å². The van der Waals surface area contributed by atoms with E-state index in [1.54, 1.807) is 0 Å². The maximum absolute atomic E-state index is 11.7. The normalized spacial score (nSPS) is 25.1. The Bertz CT molecular complexity index is 545. The Hall–Kier alpha value is -1.84. The van der Waals surface area contributed by atoms with E-state index in [1.807, 2.05) is 12.1 Å². The number of carbonyl (C=O) groups is 2. The highest BCUT2D eigenvalue weighted by molar-refractivity contribution is 5.98. The van der Waals surface area contributed by atoms with Gasteiger partial charge in [0.15, 0.2) is 0 Å². The van der Waals surface area contributed by atoms with Crippen molar-refractivity contribution in [2.24, 2.45) is 11.8 Å². The van der Waals surface area contributed by atoms with E-state index in [-0.39, 0.29) is 11.8 Å². The van der Waals surface area contributed by atoms with Crippen LogP contribution >= 0.6 is 0 Å². The van der Waals surface area contributed by atoms with Crippen molar-refractivity contribution in [3.8, 4) is 0 Å². The van der Waals surface area contributed by atoms with Crippen LogP contribution in [0.1, 0.15) is 47.2 Å². The average Bonchev–Trinajstić information content (AvgIpc) is 2.81. The Morgan fingerprint density at radius 1 is 1.25 bits per heavy atom. The first-order chi connectivity index (χ1) is 9.63. The molecule has 1 aliphatic carbocycles. The predicted molar refractivity (Wildman–Crippen MR) is 74.4 cm³/mol. The van der Waals surface area contributed by atoms with E-state index >= 15 is 0 Å². The third kappa shape index (κ3) is 2.55. The van der Waals surface area contributed by atoms with Gasteiger partial charge in [-0.15, -0.1) is 0 Å². The monoisotopic (exact) mass is 273 g/mol. The van der Waals surface area contributed by atoms with E-state index in [2.05, 4.69) is 11.4 Å². The number of nitrogens with one attached hydrogen (secondary N) is 1. The highest BCUT2D eigenvalue weighted by Crippen LogP contribution is 2.31. The Morgan fingerprint density at radius 2 is 2.00 bits per heavy atom. The summed E-state index contributed by atoms with van der Waals surface area (Å²) >= 11 is 0. The highest BCUT2D eigenvalue weighted by atomic mass is 16.4. The fourth-order valence-corrected chi connectivity index (χ4v) is 3.33. The summed E-state index contributed by atoms with van der Waals surface area (Å²) in [6.07, 6.45) is 4.46. The van der Waals surface area contributed by atoms with Crippen LogP contribution in [-0.2, 0) is 17.8 Å². The lowest BCUT2D eigenvalue weighted by Gasteiger charge is -2.26. The lowest BCUT2D eigenvalue weighted by atomic mass is 9.79. The molecule has 1 heterocycles. The largest absolute Gasteiger partial charge is 0.481 e. The molecule has 0 atom stereocenters. The van der Waals surface area contributed by atoms with Crippen molar-refractivity contribution in [1.82, 2.24) is 5.32 Å². The second kappa shape index (κ2) is 5.27. The number of carboxylic acids is 1. The zero-order valence-corrected chi connectivity index (χ0v) is 11.4. The van der Waals surface area contributed by atoms with Crippen LogP contribution < -0.4 is 5.32 Å². The zero-order chi connectivity index (χ0) is 14.1. The Morgan fingerprint density at radius 3 is 2.70 bits per heavy atom. The van der Waals surface area contributed by atoms with E-state index in [0.29, 0.717) is 12.5 Å². The Labute approximate surface area is 118 Å².